The molecular weight excluding hydrogens is 400 g/mol. The van der Waals surface area contributed by atoms with Crippen molar-refractivity contribution in [2.24, 2.45) is 5.41 Å². The number of rotatable bonds is 7. The molecule has 1 atom stereocenters. The summed E-state index contributed by atoms with van der Waals surface area (Å²) in [4.78, 5) is 26.3. The van der Waals surface area contributed by atoms with Gasteiger partial charge in [0.15, 0.2) is 5.82 Å². The number of aryl methyl sites for hydroxylation is 1. The van der Waals surface area contributed by atoms with E-state index in [1.54, 1.807) is 12.4 Å². The van der Waals surface area contributed by atoms with Crippen molar-refractivity contribution in [3.8, 4) is 17.1 Å². The molecule has 0 fully saturated rings. The van der Waals surface area contributed by atoms with Gasteiger partial charge in [-0.1, -0.05) is 26.0 Å². The molecule has 2 heterocycles. The van der Waals surface area contributed by atoms with Gasteiger partial charge < -0.3 is 10.1 Å². The molecule has 4 rings (SSSR count). The summed E-state index contributed by atoms with van der Waals surface area (Å²) in [5.41, 5.74) is 4.15. The van der Waals surface area contributed by atoms with Crippen LogP contribution >= 0.6 is 0 Å². The minimum absolute atomic E-state index is 0.0456. The number of carbonyl (C=O) groups excluding carboxylic acids is 1. The minimum atomic E-state index is -0.0759. The van der Waals surface area contributed by atoms with E-state index in [2.05, 4.69) is 29.1 Å². The van der Waals surface area contributed by atoms with E-state index < -0.39 is 0 Å². The molecule has 0 bridgehead atoms. The lowest BCUT2D eigenvalue weighted by Gasteiger charge is -2.36. The lowest BCUT2D eigenvalue weighted by atomic mass is 9.74. The normalized spacial score (nSPS) is 16.8. The van der Waals surface area contributed by atoms with Gasteiger partial charge in [-0.15, -0.1) is 0 Å². The fraction of sp³-hybridized carbons (Fsp3) is 0.385. The zero-order valence-corrected chi connectivity index (χ0v) is 19.0. The van der Waals surface area contributed by atoms with Crippen LogP contribution in [0.2, 0.25) is 0 Å². The minimum Gasteiger partial charge on any atom is -0.494 e. The molecule has 0 aliphatic heterocycles. The van der Waals surface area contributed by atoms with Gasteiger partial charge >= 0.3 is 0 Å². The quantitative estimate of drug-likeness (QED) is 0.588. The average molecular weight is 431 g/mol. The highest BCUT2D eigenvalue weighted by Crippen LogP contribution is 2.40. The van der Waals surface area contributed by atoms with Gasteiger partial charge in [-0.3, -0.25) is 9.78 Å². The second-order valence-electron chi connectivity index (χ2n) is 9.07. The van der Waals surface area contributed by atoms with Crippen molar-refractivity contribution < 1.29 is 9.53 Å². The molecule has 0 saturated heterocycles. The van der Waals surface area contributed by atoms with Crippen molar-refractivity contribution in [2.75, 3.05) is 6.61 Å². The molecule has 0 spiro atoms. The number of hydrogen-bond donors (Lipinski definition) is 1. The van der Waals surface area contributed by atoms with E-state index >= 15 is 0 Å². The molecule has 2 aromatic heterocycles. The highest BCUT2D eigenvalue weighted by atomic mass is 16.5. The zero-order valence-electron chi connectivity index (χ0n) is 19.0. The zero-order chi connectivity index (χ0) is 22.6. The SMILES string of the molecule is CCOc1ccc(CCC(=O)N[C@H]2CC(C)(C)Cc3nc(-c4ccncc4)ncc32)cc1. The van der Waals surface area contributed by atoms with Gasteiger partial charge in [0.05, 0.1) is 18.3 Å². The van der Waals surface area contributed by atoms with E-state index in [1.165, 1.54) is 0 Å². The second kappa shape index (κ2) is 9.47. The van der Waals surface area contributed by atoms with Crippen molar-refractivity contribution in [1.82, 2.24) is 20.3 Å². The van der Waals surface area contributed by atoms with E-state index in [1.807, 2.05) is 49.5 Å². The summed E-state index contributed by atoms with van der Waals surface area (Å²) >= 11 is 0. The summed E-state index contributed by atoms with van der Waals surface area (Å²) in [7, 11) is 0. The number of amides is 1. The number of fused-ring (bicyclic) bond motifs is 1. The van der Waals surface area contributed by atoms with Gasteiger partial charge in [0.1, 0.15) is 5.75 Å². The molecule has 0 saturated carbocycles. The highest BCUT2D eigenvalue weighted by Gasteiger charge is 2.34. The Bertz CT molecular complexity index is 1060. The molecule has 0 unspecified atom stereocenters. The number of aromatic nitrogens is 3. The first kappa shape index (κ1) is 21.9. The summed E-state index contributed by atoms with van der Waals surface area (Å²) in [6.07, 6.45) is 8.23. The molecule has 6 nitrogen and oxygen atoms in total. The van der Waals surface area contributed by atoms with Gasteiger partial charge in [0.25, 0.3) is 0 Å². The molecule has 1 amide bonds. The first-order valence-corrected chi connectivity index (χ1v) is 11.2. The maximum Gasteiger partial charge on any atom is 0.220 e. The summed E-state index contributed by atoms with van der Waals surface area (Å²) in [5, 5.41) is 3.24. The Balaban J connectivity index is 1.45. The number of pyridine rings is 1. The van der Waals surface area contributed by atoms with Crippen molar-refractivity contribution >= 4 is 5.91 Å². The van der Waals surface area contributed by atoms with Crippen LogP contribution in [0, 0.1) is 5.41 Å². The molecule has 1 N–H and O–H groups in total. The Morgan fingerprint density at radius 2 is 1.91 bits per heavy atom. The highest BCUT2D eigenvalue weighted by molar-refractivity contribution is 5.76. The number of nitrogens with one attached hydrogen (secondary N) is 1. The van der Waals surface area contributed by atoms with Crippen LogP contribution in [-0.4, -0.2) is 27.5 Å². The maximum absolute atomic E-state index is 12.8. The van der Waals surface area contributed by atoms with Crippen LogP contribution in [0.3, 0.4) is 0 Å². The Morgan fingerprint density at radius 1 is 1.16 bits per heavy atom. The fourth-order valence-electron chi connectivity index (χ4n) is 4.26. The summed E-state index contributed by atoms with van der Waals surface area (Å²) in [6.45, 7) is 7.06. The number of hydrogen-bond acceptors (Lipinski definition) is 5. The van der Waals surface area contributed by atoms with Gasteiger partial charge in [-0.2, -0.15) is 0 Å². The van der Waals surface area contributed by atoms with E-state index in [4.69, 9.17) is 9.72 Å². The van der Waals surface area contributed by atoms with Crippen LogP contribution in [0.4, 0.5) is 0 Å². The molecule has 166 valence electrons. The Morgan fingerprint density at radius 3 is 2.62 bits per heavy atom. The van der Waals surface area contributed by atoms with Crippen molar-refractivity contribution in [3.05, 3.63) is 71.8 Å². The summed E-state index contributed by atoms with van der Waals surface area (Å²) < 4.78 is 5.48. The third-order valence-electron chi connectivity index (χ3n) is 5.83. The first-order chi connectivity index (χ1) is 15.4. The number of ether oxygens (including phenoxy) is 1. The monoisotopic (exact) mass is 430 g/mol. The Labute approximate surface area is 189 Å². The lowest BCUT2D eigenvalue weighted by molar-refractivity contribution is -0.122. The standard InChI is InChI=1S/C26H30N4O2/c1-4-32-20-8-5-18(6-9-20)7-10-24(31)29-22-15-26(2,3)16-23-21(22)17-28-25(30-23)19-11-13-27-14-12-19/h5-6,8-9,11-14,17,22H,4,7,10,15-16H2,1-3H3,(H,29,31)/t22-/m0/s1. The maximum atomic E-state index is 12.8. The van der Waals surface area contributed by atoms with Crippen molar-refractivity contribution in [1.29, 1.82) is 0 Å². The van der Waals surface area contributed by atoms with E-state index in [0.717, 1.165) is 41.0 Å². The molecular formula is C26H30N4O2. The predicted octanol–water partition coefficient (Wildman–Crippen LogP) is 4.70. The van der Waals surface area contributed by atoms with Crippen LogP contribution in [-0.2, 0) is 17.6 Å². The van der Waals surface area contributed by atoms with Crippen LogP contribution in [0.5, 0.6) is 5.75 Å². The molecule has 1 aliphatic rings. The third-order valence-corrected chi connectivity index (χ3v) is 5.83. The van der Waals surface area contributed by atoms with Crippen LogP contribution in [0.25, 0.3) is 11.4 Å². The number of nitrogens with zero attached hydrogens (tertiary/aromatic N) is 3. The number of carbonyl (C=O) groups is 1. The van der Waals surface area contributed by atoms with E-state index in [0.29, 0.717) is 25.3 Å². The van der Waals surface area contributed by atoms with Gasteiger partial charge in [0, 0.05) is 36.1 Å². The topological polar surface area (TPSA) is 77.0 Å². The van der Waals surface area contributed by atoms with E-state index in [-0.39, 0.29) is 17.4 Å². The third kappa shape index (κ3) is 5.31. The average Bonchev–Trinajstić information content (AvgIpc) is 2.78. The molecule has 6 heteroatoms. The predicted molar refractivity (Wildman–Crippen MR) is 124 cm³/mol. The fourth-order valence-corrected chi connectivity index (χ4v) is 4.26. The van der Waals surface area contributed by atoms with Gasteiger partial charge in [-0.05, 0) is 61.4 Å². The summed E-state index contributed by atoms with van der Waals surface area (Å²) in [6, 6.07) is 11.7. The van der Waals surface area contributed by atoms with Crippen LogP contribution < -0.4 is 10.1 Å². The molecule has 3 aromatic rings. The molecule has 0 radical (unpaired) electrons. The first-order valence-electron chi connectivity index (χ1n) is 11.2. The molecule has 32 heavy (non-hydrogen) atoms. The second-order valence-corrected chi connectivity index (χ2v) is 9.07. The van der Waals surface area contributed by atoms with Crippen LogP contribution in [0.1, 0.15) is 56.5 Å². The van der Waals surface area contributed by atoms with Gasteiger partial charge in [-0.25, -0.2) is 9.97 Å². The van der Waals surface area contributed by atoms with Crippen LogP contribution in [0.15, 0.2) is 55.0 Å². The van der Waals surface area contributed by atoms with Crippen molar-refractivity contribution in [2.45, 2.75) is 52.5 Å². The smallest absolute Gasteiger partial charge is 0.220 e. The van der Waals surface area contributed by atoms with E-state index in [9.17, 15) is 4.79 Å². The molecule has 1 aromatic carbocycles. The Kier molecular flexibility index (Phi) is 6.49. The summed E-state index contributed by atoms with van der Waals surface area (Å²) in [5.74, 6) is 1.60. The Hall–Kier alpha value is -3.28. The largest absolute Gasteiger partial charge is 0.494 e. The van der Waals surface area contributed by atoms with Crippen molar-refractivity contribution in [3.63, 3.8) is 0 Å². The number of benzene rings is 1. The molecule has 1 aliphatic carbocycles. The lowest BCUT2D eigenvalue weighted by Crippen LogP contribution is -2.37. The van der Waals surface area contributed by atoms with Gasteiger partial charge in [0.2, 0.25) is 5.91 Å².